The monoisotopic (exact) mass is 476 g/mol. The molecule has 1 aromatic carbocycles. The van der Waals surface area contributed by atoms with Crippen LogP contribution in [0.1, 0.15) is 40.0 Å². The number of nitrogens with zero attached hydrogens (tertiary/aromatic N) is 6. The SMILES string of the molecule is CC(C)(C)OC(=O)N1C2CC(Oc3cnc(-c4ccc(-n5ccnc5)cc4O)nn3)CC1[C@@H]1C[C@H]21. The highest BCUT2D eigenvalue weighted by molar-refractivity contribution is 5.70. The van der Waals surface area contributed by atoms with Crippen LogP contribution in [0.25, 0.3) is 17.1 Å². The first kappa shape index (κ1) is 21.8. The maximum absolute atomic E-state index is 12.8. The van der Waals surface area contributed by atoms with E-state index in [-0.39, 0.29) is 30.0 Å². The van der Waals surface area contributed by atoms with Crippen LogP contribution < -0.4 is 4.74 Å². The second-order valence-electron chi connectivity index (χ2n) is 10.6. The molecule has 3 aliphatic rings. The van der Waals surface area contributed by atoms with Gasteiger partial charge in [-0.1, -0.05) is 0 Å². The largest absolute Gasteiger partial charge is 0.507 e. The average molecular weight is 477 g/mol. The summed E-state index contributed by atoms with van der Waals surface area (Å²) in [7, 11) is 0. The summed E-state index contributed by atoms with van der Waals surface area (Å²) < 4.78 is 13.6. The van der Waals surface area contributed by atoms with Crippen LogP contribution in [-0.2, 0) is 4.74 Å². The van der Waals surface area contributed by atoms with Crippen LogP contribution in [0, 0.1) is 11.8 Å². The van der Waals surface area contributed by atoms with Crippen molar-refractivity contribution in [3.05, 3.63) is 43.1 Å². The number of aromatic hydroxyl groups is 1. The Balaban J connectivity index is 1.12. The lowest BCUT2D eigenvalue weighted by atomic mass is 9.95. The number of phenols is 1. The number of ether oxygens (including phenoxy) is 2. The fraction of sp³-hybridized carbons (Fsp3) is 0.480. The number of carbonyl (C=O) groups excluding carboxylic acids is 1. The van der Waals surface area contributed by atoms with Crippen molar-refractivity contribution in [2.24, 2.45) is 11.8 Å². The van der Waals surface area contributed by atoms with Crippen LogP contribution in [-0.4, -0.2) is 64.6 Å². The standard InChI is InChI=1S/C25H28N6O4/c1-25(2,3)35-24(33)31-19-9-15(10-20(31)18-11-17(18)19)34-22-12-27-23(29-28-22)16-5-4-14(8-21(16)32)30-7-6-26-13-30/h4-8,12-13,15,17-20,32H,9-11H2,1-3H3/t15?,17-,18+,19?,20?. The molecule has 1 amide bonds. The lowest BCUT2D eigenvalue weighted by Crippen LogP contribution is -2.53. The summed E-state index contributed by atoms with van der Waals surface area (Å²) in [5.41, 5.74) is 0.754. The lowest BCUT2D eigenvalue weighted by molar-refractivity contribution is -0.0167. The summed E-state index contributed by atoms with van der Waals surface area (Å²) in [6.07, 6.45) is 9.07. The Morgan fingerprint density at radius 1 is 1.11 bits per heavy atom. The summed E-state index contributed by atoms with van der Waals surface area (Å²) in [6.45, 7) is 5.69. The van der Waals surface area contributed by atoms with Crippen molar-refractivity contribution in [1.82, 2.24) is 29.6 Å². The van der Waals surface area contributed by atoms with Crippen LogP contribution in [0.3, 0.4) is 0 Å². The van der Waals surface area contributed by atoms with E-state index >= 15 is 0 Å². The molecule has 2 aromatic heterocycles. The minimum absolute atomic E-state index is 0.0528. The summed E-state index contributed by atoms with van der Waals surface area (Å²) in [4.78, 5) is 23.1. The number of piperidine rings is 2. The van der Waals surface area contributed by atoms with Gasteiger partial charge < -0.3 is 24.0 Å². The number of hydrogen-bond acceptors (Lipinski definition) is 8. The first-order valence-electron chi connectivity index (χ1n) is 12.0. The molecule has 2 aliphatic heterocycles. The van der Waals surface area contributed by atoms with E-state index in [2.05, 4.69) is 20.2 Å². The van der Waals surface area contributed by atoms with Crippen LogP contribution >= 0.6 is 0 Å². The summed E-state index contributed by atoms with van der Waals surface area (Å²) in [5, 5.41) is 18.9. The van der Waals surface area contributed by atoms with Gasteiger partial charge in [-0.2, -0.15) is 0 Å². The highest BCUT2D eigenvalue weighted by Crippen LogP contribution is 2.59. The van der Waals surface area contributed by atoms with Gasteiger partial charge in [-0.3, -0.25) is 0 Å². The molecule has 3 fully saturated rings. The topological polar surface area (TPSA) is 115 Å². The Morgan fingerprint density at radius 2 is 1.89 bits per heavy atom. The van der Waals surface area contributed by atoms with Crippen molar-refractivity contribution in [3.63, 3.8) is 0 Å². The molecule has 2 bridgehead atoms. The van der Waals surface area contributed by atoms with Gasteiger partial charge in [0.25, 0.3) is 5.88 Å². The molecule has 6 rings (SSSR count). The molecule has 0 spiro atoms. The Labute approximate surface area is 202 Å². The number of hydrogen-bond donors (Lipinski definition) is 1. The van der Waals surface area contributed by atoms with Gasteiger partial charge in [0.2, 0.25) is 0 Å². The van der Waals surface area contributed by atoms with Gasteiger partial charge in [0, 0.05) is 43.4 Å². The number of rotatable bonds is 4. The summed E-state index contributed by atoms with van der Waals surface area (Å²) in [6, 6.07) is 5.52. The van der Waals surface area contributed by atoms with E-state index < -0.39 is 5.60 Å². The maximum atomic E-state index is 12.8. The first-order chi connectivity index (χ1) is 16.8. The Morgan fingerprint density at radius 3 is 2.49 bits per heavy atom. The van der Waals surface area contributed by atoms with E-state index in [9.17, 15) is 9.90 Å². The van der Waals surface area contributed by atoms with Crippen molar-refractivity contribution >= 4 is 6.09 Å². The third-order valence-electron chi connectivity index (χ3n) is 7.06. The molecular formula is C25H28N6O4. The van der Waals surface area contributed by atoms with Crippen LogP contribution in [0.5, 0.6) is 11.6 Å². The normalized spacial score (nSPS) is 26.8. The Hall–Kier alpha value is -3.69. The fourth-order valence-corrected chi connectivity index (χ4v) is 5.57. The first-order valence-corrected chi connectivity index (χ1v) is 12.0. The van der Waals surface area contributed by atoms with E-state index in [0.717, 1.165) is 18.5 Å². The molecule has 182 valence electrons. The van der Waals surface area contributed by atoms with Crippen LogP contribution in [0.4, 0.5) is 4.79 Å². The molecule has 1 N–H and O–H groups in total. The van der Waals surface area contributed by atoms with Gasteiger partial charge in [-0.15, -0.1) is 10.2 Å². The second-order valence-corrected chi connectivity index (χ2v) is 10.6. The number of phenolic OH excluding ortho intramolecular Hbond substituents is 1. The van der Waals surface area contributed by atoms with E-state index in [1.807, 2.05) is 31.7 Å². The highest BCUT2D eigenvalue weighted by atomic mass is 16.6. The second kappa shape index (κ2) is 7.93. The molecule has 0 radical (unpaired) electrons. The summed E-state index contributed by atoms with van der Waals surface area (Å²) in [5.74, 6) is 1.79. The van der Waals surface area contributed by atoms with Crippen molar-refractivity contribution in [2.75, 3.05) is 0 Å². The maximum Gasteiger partial charge on any atom is 0.410 e. The fourth-order valence-electron chi connectivity index (χ4n) is 5.57. The predicted octanol–water partition coefficient (Wildman–Crippen LogP) is 3.60. The van der Waals surface area contributed by atoms with Crippen molar-refractivity contribution in [2.45, 2.75) is 63.8 Å². The molecule has 10 nitrogen and oxygen atoms in total. The Bertz CT molecular complexity index is 1220. The van der Waals surface area contributed by atoms with Crippen molar-refractivity contribution in [3.8, 4) is 28.7 Å². The molecule has 5 atom stereocenters. The smallest absolute Gasteiger partial charge is 0.410 e. The molecule has 2 saturated heterocycles. The van der Waals surface area contributed by atoms with Crippen molar-refractivity contribution < 1.29 is 19.4 Å². The zero-order valence-electron chi connectivity index (χ0n) is 19.9. The van der Waals surface area contributed by atoms with E-state index in [4.69, 9.17) is 9.47 Å². The van der Waals surface area contributed by atoms with Crippen LogP contribution in [0.2, 0.25) is 0 Å². The average Bonchev–Trinajstić information content (AvgIpc) is 3.34. The molecule has 3 aromatic rings. The Kier molecular flexibility index (Phi) is 4.94. The number of fused-ring (bicyclic) bond motifs is 5. The molecule has 3 unspecified atom stereocenters. The molecule has 1 saturated carbocycles. The molecular weight excluding hydrogens is 448 g/mol. The van der Waals surface area contributed by atoms with E-state index in [0.29, 0.717) is 29.1 Å². The van der Waals surface area contributed by atoms with Gasteiger partial charge in [0.05, 0.1) is 23.8 Å². The van der Waals surface area contributed by atoms with Gasteiger partial charge >= 0.3 is 6.09 Å². The highest BCUT2D eigenvalue weighted by Gasteiger charge is 2.63. The number of aromatic nitrogens is 5. The minimum atomic E-state index is -0.509. The zero-order valence-corrected chi connectivity index (χ0v) is 19.9. The third kappa shape index (κ3) is 4.06. The summed E-state index contributed by atoms with van der Waals surface area (Å²) >= 11 is 0. The molecule has 10 heteroatoms. The quantitative estimate of drug-likeness (QED) is 0.607. The number of carbonyl (C=O) groups is 1. The van der Waals surface area contributed by atoms with Gasteiger partial charge in [-0.25, -0.2) is 14.8 Å². The van der Waals surface area contributed by atoms with Gasteiger partial charge in [0.1, 0.15) is 17.5 Å². The van der Waals surface area contributed by atoms with Gasteiger partial charge in [-0.05, 0) is 51.2 Å². The van der Waals surface area contributed by atoms with Crippen LogP contribution in [0.15, 0.2) is 43.1 Å². The zero-order chi connectivity index (χ0) is 24.3. The van der Waals surface area contributed by atoms with Crippen molar-refractivity contribution in [1.29, 1.82) is 0 Å². The minimum Gasteiger partial charge on any atom is -0.507 e. The van der Waals surface area contributed by atoms with E-state index in [1.54, 1.807) is 35.4 Å². The number of imidazole rings is 1. The van der Waals surface area contributed by atoms with E-state index in [1.165, 1.54) is 12.6 Å². The number of benzene rings is 1. The molecule has 1 aliphatic carbocycles. The molecule has 35 heavy (non-hydrogen) atoms. The predicted molar refractivity (Wildman–Crippen MR) is 125 cm³/mol. The lowest BCUT2D eigenvalue weighted by Gasteiger charge is -2.41. The number of amides is 1. The molecule has 4 heterocycles. The third-order valence-corrected chi connectivity index (χ3v) is 7.06. The van der Waals surface area contributed by atoms with Gasteiger partial charge in [0.15, 0.2) is 5.82 Å².